The largest absolute Gasteiger partial charge is 0.369 e. The van der Waals surface area contributed by atoms with E-state index in [1.165, 1.54) is 16.8 Å². The Labute approximate surface area is 192 Å². The Hall–Kier alpha value is -1.79. The number of nitrogens with one attached hydrogen (secondary N) is 2. The topological polar surface area (TPSA) is 47.6 Å². The number of hydrogen-bond donors (Lipinski definition) is 2. The number of rotatable bonds is 5. The third-order valence-corrected chi connectivity index (χ3v) is 5.89. The summed E-state index contributed by atoms with van der Waals surface area (Å²) in [5, 5.41) is 6.40. The monoisotopic (exact) mass is 450 g/mol. The van der Waals surface area contributed by atoms with E-state index >= 15 is 0 Å². The molecule has 0 atom stereocenters. The molecule has 1 saturated heterocycles. The summed E-state index contributed by atoms with van der Waals surface area (Å²) in [4.78, 5) is 17.4. The number of benzene rings is 2. The highest BCUT2D eigenvalue weighted by Crippen LogP contribution is 2.19. The van der Waals surface area contributed by atoms with Crippen LogP contribution in [-0.2, 0) is 19.6 Å². The number of piperazine rings is 1. The molecule has 2 aromatic carbocycles. The van der Waals surface area contributed by atoms with Gasteiger partial charge in [0, 0.05) is 63.1 Å². The molecule has 2 aliphatic heterocycles. The van der Waals surface area contributed by atoms with E-state index in [1.807, 2.05) is 12.1 Å². The number of anilines is 1. The van der Waals surface area contributed by atoms with Crippen LogP contribution in [0.1, 0.15) is 40.9 Å². The van der Waals surface area contributed by atoms with Crippen molar-refractivity contribution in [2.75, 3.05) is 31.1 Å². The first-order chi connectivity index (χ1) is 13.6. The number of amides is 1. The molecule has 1 fully saturated rings. The molecule has 0 bridgehead atoms. The Bertz CT molecular complexity index is 834. The van der Waals surface area contributed by atoms with Crippen LogP contribution in [0.4, 0.5) is 5.69 Å². The zero-order valence-corrected chi connectivity index (χ0v) is 19.3. The Balaban J connectivity index is 0.00000160. The van der Waals surface area contributed by atoms with E-state index in [0.29, 0.717) is 18.2 Å². The minimum atomic E-state index is -0.0187. The SMILES string of the molecule is CC(C)N1CCN(c2ccc(C(=O)NCc3ccc4c(c3)CNC4)cc2)CC1.Cl.Cl. The third-order valence-electron chi connectivity index (χ3n) is 5.89. The highest BCUT2D eigenvalue weighted by molar-refractivity contribution is 5.94. The molecular formula is C23H32Cl2N4O. The quantitative estimate of drug-likeness (QED) is 0.730. The van der Waals surface area contributed by atoms with Gasteiger partial charge in [-0.25, -0.2) is 0 Å². The summed E-state index contributed by atoms with van der Waals surface area (Å²) in [5.41, 5.74) is 5.77. The van der Waals surface area contributed by atoms with Gasteiger partial charge in [-0.05, 0) is 54.8 Å². The van der Waals surface area contributed by atoms with E-state index in [-0.39, 0.29) is 30.7 Å². The summed E-state index contributed by atoms with van der Waals surface area (Å²) < 4.78 is 0. The second-order valence-electron chi connectivity index (χ2n) is 8.05. The van der Waals surface area contributed by atoms with Crippen molar-refractivity contribution in [3.63, 3.8) is 0 Å². The standard InChI is InChI=1S/C23H30N4O.2ClH/c1-17(2)26-9-11-27(12-10-26)22-7-5-19(6-8-22)23(28)25-14-18-3-4-20-15-24-16-21(20)13-18;;/h3-8,13,17,24H,9-12,14-16H2,1-2H3,(H,25,28);2*1H. The second-order valence-corrected chi connectivity index (χ2v) is 8.05. The molecule has 0 spiro atoms. The molecule has 7 heteroatoms. The van der Waals surface area contributed by atoms with Crippen LogP contribution in [0.25, 0.3) is 0 Å². The molecule has 0 aromatic heterocycles. The van der Waals surface area contributed by atoms with Crippen LogP contribution < -0.4 is 15.5 Å². The highest BCUT2D eigenvalue weighted by Gasteiger charge is 2.19. The van der Waals surface area contributed by atoms with Crippen LogP contribution in [0.3, 0.4) is 0 Å². The lowest BCUT2D eigenvalue weighted by molar-refractivity contribution is 0.0951. The number of nitrogens with zero attached hydrogens (tertiary/aromatic N) is 2. The number of fused-ring (bicyclic) bond motifs is 1. The average molecular weight is 451 g/mol. The van der Waals surface area contributed by atoms with Crippen molar-refractivity contribution < 1.29 is 4.79 Å². The van der Waals surface area contributed by atoms with Gasteiger partial charge in [0.1, 0.15) is 0 Å². The lowest BCUT2D eigenvalue weighted by Gasteiger charge is -2.38. The van der Waals surface area contributed by atoms with Crippen molar-refractivity contribution in [1.82, 2.24) is 15.5 Å². The summed E-state index contributed by atoms with van der Waals surface area (Å²) in [6.07, 6.45) is 0. The van der Waals surface area contributed by atoms with Crippen molar-refractivity contribution >= 4 is 36.4 Å². The fourth-order valence-corrected chi connectivity index (χ4v) is 4.06. The van der Waals surface area contributed by atoms with Gasteiger partial charge < -0.3 is 15.5 Å². The molecule has 2 aromatic rings. The van der Waals surface area contributed by atoms with Crippen LogP contribution >= 0.6 is 24.8 Å². The van der Waals surface area contributed by atoms with E-state index in [4.69, 9.17) is 0 Å². The van der Waals surface area contributed by atoms with E-state index in [2.05, 4.69) is 64.6 Å². The molecule has 1 amide bonds. The van der Waals surface area contributed by atoms with Crippen molar-refractivity contribution in [2.24, 2.45) is 0 Å². The van der Waals surface area contributed by atoms with Crippen molar-refractivity contribution in [3.8, 4) is 0 Å². The van der Waals surface area contributed by atoms with Gasteiger partial charge in [0.25, 0.3) is 5.91 Å². The smallest absolute Gasteiger partial charge is 0.251 e. The Morgan fingerprint density at radius 1 is 0.967 bits per heavy atom. The second kappa shape index (κ2) is 11.0. The maximum absolute atomic E-state index is 12.5. The molecule has 2 heterocycles. The first-order valence-electron chi connectivity index (χ1n) is 10.3. The molecule has 2 aliphatic rings. The predicted octanol–water partition coefficient (Wildman–Crippen LogP) is 3.59. The first-order valence-corrected chi connectivity index (χ1v) is 10.3. The number of halogens is 2. The Morgan fingerprint density at radius 3 is 2.30 bits per heavy atom. The molecule has 5 nitrogen and oxygen atoms in total. The van der Waals surface area contributed by atoms with E-state index < -0.39 is 0 Å². The molecule has 0 unspecified atom stereocenters. The van der Waals surface area contributed by atoms with Gasteiger partial charge in [-0.15, -0.1) is 24.8 Å². The van der Waals surface area contributed by atoms with E-state index in [0.717, 1.165) is 44.8 Å². The maximum atomic E-state index is 12.5. The van der Waals surface area contributed by atoms with Gasteiger partial charge >= 0.3 is 0 Å². The minimum Gasteiger partial charge on any atom is -0.369 e. The average Bonchev–Trinajstić information content (AvgIpc) is 3.20. The molecule has 0 radical (unpaired) electrons. The van der Waals surface area contributed by atoms with Gasteiger partial charge in [-0.2, -0.15) is 0 Å². The van der Waals surface area contributed by atoms with Crippen molar-refractivity contribution in [2.45, 2.75) is 39.5 Å². The fourth-order valence-electron chi connectivity index (χ4n) is 4.06. The van der Waals surface area contributed by atoms with Crippen LogP contribution in [0.15, 0.2) is 42.5 Å². The molecule has 2 N–H and O–H groups in total. The van der Waals surface area contributed by atoms with Gasteiger partial charge in [-0.3, -0.25) is 9.69 Å². The lowest BCUT2D eigenvalue weighted by Crippen LogP contribution is -2.48. The molecule has 0 aliphatic carbocycles. The molecule has 4 rings (SSSR count). The van der Waals surface area contributed by atoms with E-state index in [9.17, 15) is 4.79 Å². The van der Waals surface area contributed by atoms with Crippen LogP contribution in [0.5, 0.6) is 0 Å². The first kappa shape index (κ1) is 24.5. The van der Waals surface area contributed by atoms with Crippen molar-refractivity contribution in [3.05, 3.63) is 64.7 Å². The third kappa shape index (κ3) is 5.67. The maximum Gasteiger partial charge on any atom is 0.251 e. The number of hydrogen-bond acceptors (Lipinski definition) is 4. The van der Waals surface area contributed by atoms with Crippen LogP contribution in [-0.4, -0.2) is 43.0 Å². The Kier molecular flexibility index (Phi) is 8.98. The zero-order chi connectivity index (χ0) is 19.5. The van der Waals surface area contributed by atoms with Gasteiger partial charge in [-0.1, -0.05) is 18.2 Å². The summed E-state index contributed by atoms with van der Waals surface area (Å²) in [6.45, 7) is 11.2. The fraction of sp³-hybridized carbons (Fsp3) is 0.435. The van der Waals surface area contributed by atoms with Gasteiger partial charge in [0.15, 0.2) is 0 Å². The summed E-state index contributed by atoms with van der Waals surface area (Å²) in [6, 6.07) is 15.1. The normalized spacial score (nSPS) is 15.9. The lowest BCUT2D eigenvalue weighted by atomic mass is 10.1. The number of carbonyl (C=O) groups is 1. The summed E-state index contributed by atoms with van der Waals surface area (Å²) in [5.74, 6) is -0.0187. The highest BCUT2D eigenvalue weighted by atomic mass is 35.5. The number of carbonyl (C=O) groups excluding carboxylic acids is 1. The minimum absolute atomic E-state index is 0. The van der Waals surface area contributed by atoms with Gasteiger partial charge in [0.05, 0.1) is 0 Å². The zero-order valence-electron chi connectivity index (χ0n) is 17.7. The molecule has 30 heavy (non-hydrogen) atoms. The van der Waals surface area contributed by atoms with E-state index in [1.54, 1.807) is 0 Å². The summed E-state index contributed by atoms with van der Waals surface area (Å²) in [7, 11) is 0. The van der Waals surface area contributed by atoms with Gasteiger partial charge in [0.2, 0.25) is 0 Å². The molecule has 164 valence electrons. The van der Waals surface area contributed by atoms with Crippen LogP contribution in [0, 0.1) is 0 Å². The predicted molar refractivity (Wildman–Crippen MR) is 128 cm³/mol. The van der Waals surface area contributed by atoms with Crippen LogP contribution in [0.2, 0.25) is 0 Å². The Morgan fingerprint density at radius 2 is 1.63 bits per heavy atom. The summed E-state index contributed by atoms with van der Waals surface area (Å²) >= 11 is 0. The molecule has 0 saturated carbocycles. The van der Waals surface area contributed by atoms with Crippen molar-refractivity contribution in [1.29, 1.82) is 0 Å². The molecular weight excluding hydrogens is 419 g/mol.